The number of rotatable bonds is 4. The molecule has 3 unspecified atom stereocenters. The summed E-state index contributed by atoms with van der Waals surface area (Å²) in [6, 6.07) is 0. The van der Waals surface area contributed by atoms with Gasteiger partial charge in [0.25, 0.3) is 0 Å². The molecule has 2 aliphatic carbocycles. The summed E-state index contributed by atoms with van der Waals surface area (Å²) in [7, 11) is 0. The largest absolute Gasteiger partial charge is 0.396 e. The van der Waals surface area contributed by atoms with Crippen molar-refractivity contribution in [2.24, 2.45) is 22.5 Å². The van der Waals surface area contributed by atoms with Crippen molar-refractivity contribution >= 4 is 0 Å². The van der Waals surface area contributed by atoms with E-state index in [1.807, 2.05) is 0 Å². The summed E-state index contributed by atoms with van der Waals surface area (Å²) in [6.07, 6.45) is 10.7. The number of hydrogen-bond acceptors (Lipinski definition) is 2. The molecule has 0 aromatic carbocycles. The molecule has 0 amide bonds. The molecule has 94 valence electrons. The molecule has 0 aliphatic heterocycles. The lowest BCUT2D eigenvalue weighted by Crippen LogP contribution is -2.27. The fourth-order valence-electron chi connectivity index (χ4n) is 4.06. The summed E-state index contributed by atoms with van der Waals surface area (Å²) in [5.74, 6) is 0.944. The first-order chi connectivity index (χ1) is 7.72. The van der Waals surface area contributed by atoms with Crippen LogP contribution in [0.25, 0.3) is 0 Å². The van der Waals surface area contributed by atoms with Gasteiger partial charge in [-0.15, -0.1) is 0 Å². The van der Waals surface area contributed by atoms with Crippen molar-refractivity contribution < 1.29 is 5.11 Å². The molecule has 3 atom stereocenters. The minimum atomic E-state index is 0.105. The fourth-order valence-corrected chi connectivity index (χ4v) is 4.06. The molecule has 2 saturated carbocycles. The maximum atomic E-state index is 9.56. The zero-order valence-electron chi connectivity index (χ0n) is 10.7. The van der Waals surface area contributed by atoms with Gasteiger partial charge < -0.3 is 10.8 Å². The fraction of sp³-hybridized carbons (Fsp3) is 1.00. The van der Waals surface area contributed by atoms with E-state index in [0.29, 0.717) is 18.6 Å². The van der Waals surface area contributed by atoms with Crippen LogP contribution in [0.3, 0.4) is 0 Å². The third-order valence-corrected chi connectivity index (χ3v) is 5.37. The number of nitrogens with two attached hydrogens (primary N) is 1. The van der Waals surface area contributed by atoms with E-state index < -0.39 is 0 Å². The summed E-state index contributed by atoms with van der Waals surface area (Å²) < 4.78 is 0. The van der Waals surface area contributed by atoms with E-state index in [4.69, 9.17) is 5.73 Å². The van der Waals surface area contributed by atoms with Crippen molar-refractivity contribution in [3.8, 4) is 0 Å². The van der Waals surface area contributed by atoms with Gasteiger partial charge in [0.1, 0.15) is 0 Å². The van der Waals surface area contributed by atoms with Gasteiger partial charge in [-0.3, -0.25) is 0 Å². The zero-order valence-corrected chi connectivity index (χ0v) is 10.7. The Morgan fingerprint density at radius 2 is 2.12 bits per heavy atom. The molecule has 0 aromatic rings. The van der Waals surface area contributed by atoms with Crippen LogP contribution in [0.15, 0.2) is 0 Å². The van der Waals surface area contributed by atoms with Gasteiger partial charge in [-0.2, -0.15) is 0 Å². The second kappa shape index (κ2) is 4.66. The molecule has 2 fully saturated rings. The van der Waals surface area contributed by atoms with Crippen molar-refractivity contribution in [3.63, 3.8) is 0 Å². The molecule has 1 spiro atoms. The molecule has 3 N–H and O–H groups in total. The van der Waals surface area contributed by atoms with Gasteiger partial charge in [-0.05, 0) is 37.0 Å². The lowest BCUT2D eigenvalue weighted by Gasteiger charge is -2.22. The first kappa shape index (κ1) is 12.4. The second-order valence-corrected chi connectivity index (χ2v) is 6.19. The Hall–Kier alpha value is -0.0800. The third-order valence-electron chi connectivity index (χ3n) is 5.37. The Bertz CT molecular complexity index is 237. The maximum absolute atomic E-state index is 9.56. The van der Waals surface area contributed by atoms with E-state index in [2.05, 4.69) is 6.92 Å². The average molecular weight is 225 g/mol. The predicted octanol–water partition coefficient (Wildman–Crippen LogP) is 2.69. The average Bonchev–Trinajstić information content (AvgIpc) is 3.00. The van der Waals surface area contributed by atoms with Crippen molar-refractivity contribution in [3.05, 3.63) is 0 Å². The van der Waals surface area contributed by atoms with Crippen LogP contribution < -0.4 is 5.73 Å². The minimum Gasteiger partial charge on any atom is -0.396 e. The summed E-state index contributed by atoms with van der Waals surface area (Å²) in [5, 5.41) is 9.56. The normalized spacial score (nSPS) is 43.3. The highest BCUT2D eigenvalue weighted by Gasteiger charge is 2.64. The highest BCUT2D eigenvalue weighted by Crippen LogP contribution is 2.69. The first-order valence-electron chi connectivity index (χ1n) is 7.03. The van der Waals surface area contributed by atoms with Crippen LogP contribution in [0, 0.1) is 16.7 Å². The number of aliphatic hydroxyl groups is 1. The predicted molar refractivity (Wildman–Crippen MR) is 67.1 cm³/mol. The summed E-state index contributed by atoms with van der Waals surface area (Å²) in [4.78, 5) is 0. The van der Waals surface area contributed by atoms with E-state index >= 15 is 0 Å². The topological polar surface area (TPSA) is 46.2 Å². The van der Waals surface area contributed by atoms with Crippen LogP contribution in [0.1, 0.15) is 58.3 Å². The van der Waals surface area contributed by atoms with Gasteiger partial charge in [0.05, 0.1) is 6.61 Å². The van der Waals surface area contributed by atoms with Crippen LogP contribution in [-0.2, 0) is 0 Å². The maximum Gasteiger partial charge on any atom is 0.0505 e. The van der Waals surface area contributed by atoms with E-state index in [9.17, 15) is 5.11 Å². The summed E-state index contributed by atoms with van der Waals surface area (Å²) in [5.41, 5.74) is 6.40. The van der Waals surface area contributed by atoms with Gasteiger partial charge in [-0.25, -0.2) is 0 Å². The van der Waals surface area contributed by atoms with Crippen LogP contribution >= 0.6 is 0 Å². The van der Waals surface area contributed by atoms with Crippen molar-refractivity contribution in [1.82, 2.24) is 0 Å². The summed E-state index contributed by atoms with van der Waals surface area (Å²) >= 11 is 0. The molecular formula is C14H27NO. The van der Waals surface area contributed by atoms with Gasteiger partial charge in [0.15, 0.2) is 0 Å². The number of aliphatic hydroxyl groups excluding tert-OH is 1. The summed E-state index contributed by atoms with van der Waals surface area (Å²) in [6.45, 7) is 3.28. The first-order valence-corrected chi connectivity index (χ1v) is 7.03. The molecular weight excluding hydrogens is 198 g/mol. The molecule has 2 nitrogen and oxygen atoms in total. The van der Waals surface area contributed by atoms with Gasteiger partial charge in [-0.1, -0.05) is 32.6 Å². The lowest BCUT2D eigenvalue weighted by molar-refractivity contribution is 0.165. The van der Waals surface area contributed by atoms with Gasteiger partial charge in [0.2, 0.25) is 0 Å². The Labute approximate surface area is 99.6 Å². The van der Waals surface area contributed by atoms with Crippen LogP contribution in [0.4, 0.5) is 0 Å². The van der Waals surface area contributed by atoms with E-state index in [-0.39, 0.29) is 5.41 Å². The molecule has 0 saturated heterocycles. The van der Waals surface area contributed by atoms with Crippen molar-refractivity contribution in [1.29, 1.82) is 0 Å². The van der Waals surface area contributed by atoms with E-state index in [0.717, 1.165) is 5.92 Å². The zero-order chi connectivity index (χ0) is 11.6. The molecule has 0 aromatic heterocycles. The van der Waals surface area contributed by atoms with Crippen LogP contribution in [-0.4, -0.2) is 18.3 Å². The monoisotopic (exact) mass is 225 g/mol. The van der Waals surface area contributed by atoms with Crippen LogP contribution in [0.2, 0.25) is 0 Å². The quantitative estimate of drug-likeness (QED) is 0.772. The number of hydrogen-bond donors (Lipinski definition) is 2. The molecule has 2 rings (SSSR count). The Balaban J connectivity index is 1.95. The van der Waals surface area contributed by atoms with E-state index in [1.54, 1.807) is 0 Å². The highest BCUT2D eigenvalue weighted by molar-refractivity contribution is 5.15. The molecule has 2 heteroatoms. The van der Waals surface area contributed by atoms with Crippen molar-refractivity contribution in [2.75, 3.05) is 13.2 Å². The molecule has 16 heavy (non-hydrogen) atoms. The van der Waals surface area contributed by atoms with Gasteiger partial charge >= 0.3 is 0 Å². The smallest absolute Gasteiger partial charge is 0.0505 e. The Morgan fingerprint density at radius 3 is 2.69 bits per heavy atom. The molecule has 2 aliphatic rings. The minimum absolute atomic E-state index is 0.105. The van der Waals surface area contributed by atoms with Gasteiger partial charge in [0, 0.05) is 12.0 Å². The SMILES string of the molecule is CCCC1CCCC2(CC1)CC2(CN)CO. The molecule has 0 heterocycles. The second-order valence-electron chi connectivity index (χ2n) is 6.19. The Morgan fingerprint density at radius 1 is 1.31 bits per heavy atom. The van der Waals surface area contributed by atoms with Crippen molar-refractivity contribution in [2.45, 2.75) is 58.3 Å². The molecule has 0 bridgehead atoms. The van der Waals surface area contributed by atoms with E-state index in [1.165, 1.54) is 51.4 Å². The standard InChI is InChI=1S/C14H27NO/c1-2-4-12-5-3-7-13(8-6-12)9-14(13,10-15)11-16/h12,16H,2-11,15H2,1H3. The highest BCUT2D eigenvalue weighted by atomic mass is 16.3. The lowest BCUT2D eigenvalue weighted by atomic mass is 9.86. The Kier molecular flexibility index (Phi) is 3.60. The molecule has 0 radical (unpaired) electrons. The van der Waals surface area contributed by atoms with Crippen LogP contribution in [0.5, 0.6) is 0 Å². The third kappa shape index (κ3) is 1.91.